The maximum atomic E-state index is 11.8. The molecule has 12 heteroatoms. The number of nitrogens with two attached hydrogens (primary N) is 1. The fourth-order valence-electron chi connectivity index (χ4n) is 6.23. The van der Waals surface area contributed by atoms with Gasteiger partial charge >= 0.3 is 0 Å². The van der Waals surface area contributed by atoms with E-state index in [9.17, 15) is 9.59 Å². The van der Waals surface area contributed by atoms with E-state index in [1.54, 1.807) is 29.7 Å². The Hall–Kier alpha value is -5.72. The Morgan fingerprint density at radius 3 is 1.90 bits per heavy atom. The van der Waals surface area contributed by atoms with Crippen LogP contribution in [0.3, 0.4) is 0 Å². The minimum Gasteiger partial charge on any atom is -0.385 e. The third kappa shape index (κ3) is 6.38. The van der Waals surface area contributed by atoms with Gasteiger partial charge in [-0.2, -0.15) is 9.98 Å². The number of thiazole rings is 1. The Bertz CT molecular complexity index is 2410. The monoisotopic (exact) mass is 696 g/mol. The Balaban J connectivity index is 0.000000157. The number of thioether (sulfide) groups is 1. The van der Waals surface area contributed by atoms with E-state index in [1.807, 2.05) is 28.7 Å². The number of hydrogen-bond donors (Lipinski definition) is 2. The lowest BCUT2D eigenvalue weighted by Gasteiger charge is -2.25. The van der Waals surface area contributed by atoms with Crippen LogP contribution in [0.1, 0.15) is 39.8 Å². The summed E-state index contributed by atoms with van der Waals surface area (Å²) >= 11 is 2.89. The minimum atomic E-state index is -0.327. The number of pyridine rings is 2. The number of aryl methyl sites for hydroxylation is 4. The number of rotatable bonds is 4. The number of carbonyl (C=O) groups excluding carboxylic acids is 1. The van der Waals surface area contributed by atoms with Crippen LogP contribution in [0.5, 0.6) is 0 Å². The number of hydrogen-bond acceptors (Lipinski definition) is 9. The van der Waals surface area contributed by atoms with E-state index in [2.05, 4.69) is 84.0 Å². The van der Waals surface area contributed by atoms with E-state index in [0.29, 0.717) is 15.9 Å². The summed E-state index contributed by atoms with van der Waals surface area (Å²) < 4.78 is 1.86. The normalized spacial score (nSPS) is 14.1. The highest BCUT2D eigenvalue weighted by Gasteiger charge is 2.37. The maximum Gasteiger partial charge on any atom is 0.276 e. The second-order valence-corrected chi connectivity index (χ2v) is 14.1. The van der Waals surface area contributed by atoms with E-state index in [-0.39, 0.29) is 23.7 Å². The van der Waals surface area contributed by atoms with Gasteiger partial charge in [0.15, 0.2) is 10.1 Å². The summed E-state index contributed by atoms with van der Waals surface area (Å²) in [6.45, 7) is 8.26. The Labute approximate surface area is 296 Å². The van der Waals surface area contributed by atoms with Gasteiger partial charge in [0.05, 0.1) is 22.7 Å². The molecule has 0 unspecified atom stereocenters. The van der Waals surface area contributed by atoms with Crippen molar-refractivity contribution in [3.8, 4) is 21.7 Å². The Morgan fingerprint density at radius 1 is 0.740 bits per heavy atom. The van der Waals surface area contributed by atoms with Crippen molar-refractivity contribution in [3.63, 3.8) is 0 Å². The molecule has 0 saturated carbocycles. The zero-order valence-electron chi connectivity index (χ0n) is 27.8. The van der Waals surface area contributed by atoms with Crippen molar-refractivity contribution < 1.29 is 4.79 Å². The summed E-state index contributed by atoms with van der Waals surface area (Å²) in [7, 11) is 0. The van der Waals surface area contributed by atoms with Crippen LogP contribution in [-0.4, -0.2) is 41.2 Å². The summed E-state index contributed by atoms with van der Waals surface area (Å²) in [5.74, 6) is 0.390. The number of benzene rings is 2. The molecule has 248 valence electrons. The molecule has 50 heavy (non-hydrogen) atoms. The highest BCUT2D eigenvalue weighted by Crippen LogP contribution is 2.47. The molecule has 2 aromatic carbocycles. The fourth-order valence-corrected chi connectivity index (χ4v) is 8.58. The van der Waals surface area contributed by atoms with Crippen molar-refractivity contribution in [2.75, 3.05) is 5.73 Å². The van der Waals surface area contributed by atoms with E-state index in [1.165, 1.54) is 40.3 Å². The van der Waals surface area contributed by atoms with Gasteiger partial charge in [0.2, 0.25) is 0 Å². The van der Waals surface area contributed by atoms with Gasteiger partial charge in [0.25, 0.3) is 11.5 Å². The molecule has 0 atom stereocenters. The predicted molar refractivity (Wildman–Crippen MR) is 203 cm³/mol. The molecular weight excluding hydrogens is 665 g/mol. The van der Waals surface area contributed by atoms with Gasteiger partial charge in [0.1, 0.15) is 11.7 Å². The molecule has 0 bridgehead atoms. The second kappa shape index (κ2) is 13.3. The van der Waals surface area contributed by atoms with Crippen LogP contribution in [0.2, 0.25) is 0 Å². The molecule has 10 nitrogen and oxygen atoms in total. The highest BCUT2D eigenvalue weighted by atomic mass is 32.2. The van der Waals surface area contributed by atoms with Gasteiger partial charge in [-0.05, 0) is 99.1 Å². The van der Waals surface area contributed by atoms with Crippen molar-refractivity contribution >= 4 is 61.4 Å². The van der Waals surface area contributed by atoms with Crippen LogP contribution in [-0.2, 0) is 4.79 Å². The molecule has 2 aliphatic heterocycles. The van der Waals surface area contributed by atoms with Crippen LogP contribution in [0, 0.1) is 33.1 Å². The molecule has 0 saturated heterocycles. The first-order chi connectivity index (χ1) is 24.0. The van der Waals surface area contributed by atoms with Crippen molar-refractivity contribution in [1.29, 1.82) is 5.41 Å². The van der Waals surface area contributed by atoms with Gasteiger partial charge in [0, 0.05) is 46.9 Å². The quantitative estimate of drug-likeness (QED) is 0.193. The molecule has 8 rings (SSSR count). The fraction of sp³-hybridized carbons (Fsp3) is 0.132. The molecule has 6 heterocycles. The number of carbonyl (C=O) groups is 1. The molecule has 6 aromatic rings. The zero-order valence-corrected chi connectivity index (χ0v) is 29.4. The van der Waals surface area contributed by atoms with E-state index < -0.39 is 0 Å². The topological polar surface area (TPSA) is 143 Å². The third-order valence-electron chi connectivity index (χ3n) is 8.07. The first-order valence-corrected chi connectivity index (χ1v) is 17.4. The molecule has 4 aromatic heterocycles. The van der Waals surface area contributed by atoms with Gasteiger partial charge in [-0.25, -0.2) is 0 Å². The summed E-state index contributed by atoms with van der Waals surface area (Å²) in [6, 6.07) is 21.9. The van der Waals surface area contributed by atoms with Crippen LogP contribution in [0.15, 0.2) is 101 Å². The second-order valence-electron chi connectivity index (χ2n) is 12.2. The highest BCUT2D eigenvalue weighted by molar-refractivity contribution is 8.22. The predicted octanol–water partition coefficient (Wildman–Crippen LogP) is 7.52. The number of amides is 1. The molecule has 2 aliphatic rings. The molecule has 0 fully saturated rings. The Kier molecular flexibility index (Phi) is 8.72. The zero-order chi connectivity index (χ0) is 35.1. The summed E-state index contributed by atoms with van der Waals surface area (Å²) in [5.41, 5.74) is 16.5. The summed E-state index contributed by atoms with van der Waals surface area (Å²) in [6.07, 6.45) is 7.04. The molecular formula is C38H32N8O2S2. The average molecular weight is 697 g/mol. The number of nitrogen functional groups attached to an aromatic ring is 1. The van der Waals surface area contributed by atoms with Gasteiger partial charge in [-0.3, -0.25) is 34.3 Å². The minimum absolute atomic E-state index is 0.0297. The van der Waals surface area contributed by atoms with Crippen LogP contribution in [0.25, 0.3) is 37.3 Å². The lowest BCUT2D eigenvalue weighted by atomic mass is 10.0. The lowest BCUT2D eigenvalue weighted by molar-refractivity contribution is -0.116. The number of nitrogens with zero attached hydrogens (tertiary/aromatic N) is 6. The van der Waals surface area contributed by atoms with Crippen molar-refractivity contribution in [3.05, 3.63) is 135 Å². The van der Waals surface area contributed by atoms with Crippen molar-refractivity contribution in [2.45, 2.75) is 34.1 Å². The van der Waals surface area contributed by atoms with Crippen LogP contribution in [0.4, 0.5) is 5.82 Å². The van der Waals surface area contributed by atoms with E-state index in [0.717, 1.165) is 54.6 Å². The lowest BCUT2D eigenvalue weighted by Crippen LogP contribution is -2.36. The SMILES string of the molecule is Cc1cc(C)cc(-c2c(-c3ccncc3)sc3nc(=O)cc(N)n23)c1.Cc1cc(C)cc(C2=C(c3ccncc3)SC3=NC(=O)CC(=N)N32)c1. The third-order valence-corrected chi connectivity index (χ3v) is 10.2. The Morgan fingerprint density at radius 2 is 1.30 bits per heavy atom. The summed E-state index contributed by atoms with van der Waals surface area (Å²) in [5, 5.41) is 8.91. The standard InChI is InChI=1S/2C19H16N4OS/c2*1-11-7-12(2)9-14(8-11)17-18(13-3-5-21-6-4-13)25-19-22-16(24)10-15(20)23(17)19/h3-9,20H,10H2,1-2H3;3-10H,20H2,1-2H3. The van der Waals surface area contributed by atoms with E-state index in [4.69, 9.17) is 11.1 Å². The van der Waals surface area contributed by atoms with E-state index >= 15 is 0 Å². The van der Waals surface area contributed by atoms with Crippen LogP contribution >= 0.6 is 23.1 Å². The first-order valence-electron chi connectivity index (χ1n) is 15.8. The molecule has 0 radical (unpaired) electrons. The number of amidine groups is 2. The van der Waals surface area contributed by atoms with Gasteiger partial charge in [-0.15, -0.1) is 0 Å². The summed E-state index contributed by atoms with van der Waals surface area (Å²) in [4.78, 5) is 44.5. The molecule has 3 N–H and O–H groups in total. The number of anilines is 1. The molecule has 1 amide bonds. The first kappa shape index (κ1) is 32.8. The number of aliphatic imine (C=N–C) groups is 1. The van der Waals surface area contributed by atoms with Gasteiger partial charge < -0.3 is 5.73 Å². The number of nitrogens with one attached hydrogen (secondary N) is 1. The molecule has 0 spiro atoms. The maximum absolute atomic E-state index is 11.8. The smallest absolute Gasteiger partial charge is 0.276 e. The molecule has 0 aliphatic carbocycles. The largest absolute Gasteiger partial charge is 0.385 e. The van der Waals surface area contributed by atoms with Crippen molar-refractivity contribution in [2.24, 2.45) is 4.99 Å². The van der Waals surface area contributed by atoms with Crippen molar-refractivity contribution in [1.82, 2.24) is 24.3 Å². The van der Waals surface area contributed by atoms with Gasteiger partial charge in [-0.1, -0.05) is 45.7 Å². The number of aromatic nitrogens is 4. The number of fused-ring (bicyclic) bond motifs is 2. The van der Waals surface area contributed by atoms with Crippen LogP contribution < -0.4 is 11.3 Å². The average Bonchev–Trinajstić information content (AvgIpc) is 3.65.